The maximum Gasteiger partial charge on any atom is 0.142 e. The van der Waals surface area contributed by atoms with Gasteiger partial charge in [-0.25, -0.2) is 0 Å². The van der Waals surface area contributed by atoms with E-state index in [4.69, 9.17) is 16.7 Å². The van der Waals surface area contributed by atoms with Gasteiger partial charge in [0.05, 0.1) is 0 Å². The largest absolute Gasteiger partial charge is 0.409 e. The maximum atomic E-state index is 8.18. The molecule has 0 spiro atoms. The van der Waals surface area contributed by atoms with Crippen LogP contribution < -0.4 is 11.5 Å². The zero-order valence-electron chi connectivity index (χ0n) is 5.12. The second-order valence-electron chi connectivity index (χ2n) is 2.45. The monoisotopic (exact) mass is 129 g/mol. The minimum absolute atomic E-state index is 0.227. The van der Waals surface area contributed by atoms with Crippen LogP contribution in [0.2, 0.25) is 0 Å². The van der Waals surface area contributed by atoms with Crippen LogP contribution in [0.25, 0.3) is 0 Å². The average molecular weight is 129 g/mol. The fourth-order valence-corrected chi connectivity index (χ4v) is 0.985. The third-order valence-electron chi connectivity index (χ3n) is 1.71. The number of hydrogen-bond acceptors (Lipinski definition) is 3. The van der Waals surface area contributed by atoms with Crippen molar-refractivity contribution in [3.63, 3.8) is 0 Å². The molecular formula is C5H11N3O. The van der Waals surface area contributed by atoms with Gasteiger partial charge in [-0.05, 0) is 12.8 Å². The number of amidine groups is 1. The second kappa shape index (κ2) is 2.23. The summed E-state index contributed by atoms with van der Waals surface area (Å²) in [5, 5.41) is 11.1. The first-order valence-corrected chi connectivity index (χ1v) is 2.97. The highest BCUT2D eigenvalue weighted by atomic mass is 16.4. The molecule has 1 aliphatic rings. The van der Waals surface area contributed by atoms with Crippen molar-refractivity contribution in [3.05, 3.63) is 0 Å². The van der Waals surface area contributed by atoms with E-state index in [1.807, 2.05) is 0 Å². The van der Waals surface area contributed by atoms with E-state index in [1.165, 1.54) is 0 Å². The summed E-state index contributed by atoms with van der Waals surface area (Å²) in [6.07, 6.45) is 1.71. The van der Waals surface area contributed by atoms with Gasteiger partial charge in [-0.2, -0.15) is 0 Å². The Morgan fingerprint density at radius 2 is 2.11 bits per heavy atom. The number of rotatable bonds is 1. The molecule has 1 rings (SSSR count). The van der Waals surface area contributed by atoms with Gasteiger partial charge in [-0.3, -0.25) is 0 Å². The fourth-order valence-electron chi connectivity index (χ4n) is 0.985. The first-order valence-electron chi connectivity index (χ1n) is 2.97. The van der Waals surface area contributed by atoms with Gasteiger partial charge in [0.25, 0.3) is 0 Å². The van der Waals surface area contributed by atoms with Crippen LogP contribution in [0.3, 0.4) is 0 Å². The van der Waals surface area contributed by atoms with Gasteiger partial charge in [-0.1, -0.05) is 5.16 Å². The highest BCUT2D eigenvalue weighted by molar-refractivity contribution is 5.83. The lowest BCUT2D eigenvalue weighted by Crippen LogP contribution is -2.43. The van der Waals surface area contributed by atoms with Crippen molar-refractivity contribution in [2.24, 2.45) is 22.5 Å². The molecule has 52 valence electrons. The van der Waals surface area contributed by atoms with Crippen LogP contribution in [0.15, 0.2) is 5.16 Å². The molecular weight excluding hydrogens is 118 g/mol. The molecule has 1 saturated carbocycles. The van der Waals surface area contributed by atoms with Gasteiger partial charge >= 0.3 is 0 Å². The Morgan fingerprint density at radius 3 is 2.44 bits per heavy atom. The lowest BCUT2D eigenvalue weighted by Gasteiger charge is -2.30. The Kier molecular flexibility index (Phi) is 1.57. The number of oxime groups is 1. The van der Waals surface area contributed by atoms with Gasteiger partial charge in [-0.15, -0.1) is 0 Å². The van der Waals surface area contributed by atoms with Crippen molar-refractivity contribution in [1.29, 1.82) is 0 Å². The molecule has 4 heteroatoms. The SMILES string of the molecule is N/C(=N\O)C1CC(N)C1. The van der Waals surface area contributed by atoms with Crippen LogP contribution in [0.1, 0.15) is 12.8 Å². The first kappa shape index (κ1) is 6.35. The molecule has 0 heterocycles. The van der Waals surface area contributed by atoms with Crippen LogP contribution in [0.4, 0.5) is 0 Å². The highest BCUT2D eigenvalue weighted by Gasteiger charge is 2.28. The lowest BCUT2D eigenvalue weighted by atomic mass is 9.80. The molecule has 0 amide bonds. The van der Waals surface area contributed by atoms with Crippen molar-refractivity contribution >= 4 is 5.84 Å². The summed E-state index contributed by atoms with van der Waals surface area (Å²) in [4.78, 5) is 0. The fraction of sp³-hybridized carbons (Fsp3) is 0.800. The average Bonchev–Trinajstić information content (AvgIpc) is 1.79. The molecule has 1 fully saturated rings. The maximum absolute atomic E-state index is 8.18. The smallest absolute Gasteiger partial charge is 0.142 e. The van der Waals surface area contributed by atoms with E-state index in [-0.39, 0.29) is 12.0 Å². The van der Waals surface area contributed by atoms with Crippen molar-refractivity contribution in [2.45, 2.75) is 18.9 Å². The molecule has 0 bridgehead atoms. The van der Waals surface area contributed by atoms with Crippen LogP contribution in [0.5, 0.6) is 0 Å². The molecule has 5 N–H and O–H groups in total. The molecule has 9 heavy (non-hydrogen) atoms. The molecule has 0 aliphatic heterocycles. The van der Waals surface area contributed by atoms with E-state index >= 15 is 0 Å². The van der Waals surface area contributed by atoms with Gasteiger partial charge in [0.2, 0.25) is 0 Å². The van der Waals surface area contributed by atoms with E-state index in [1.54, 1.807) is 0 Å². The van der Waals surface area contributed by atoms with Crippen molar-refractivity contribution in [1.82, 2.24) is 0 Å². The van der Waals surface area contributed by atoms with Crippen molar-refractivity contribution in [3.8, 4) is 0 Å². The molecule has 0 atom stereocenters. The van der Waals surface area contributed by atoms with Crippen LogP contribution in [0, 0.1) is 5.92 Å². The summed E-state index contributed by atoms with van der Waals surface area (Å²) in [7, 11) is 0. The Bertz CT molecular complexity index is 128. The number of nitrogens with zero attached hydrogens (tertiary/aromatic N) is 1. The topological polar surface area (TPSA) is 84.6 Å². The number of hydrogen-bond donors (Lipinski definition) is 3. The zero-order valence-corrected chi connectivity index (χ0v) is 5.12. The Morgan fingerprint density at radius 1 is 1.56 bits per heavy atom. The summed E-state index contributed by atoms with van der Waals surface area (Å²) in [5.74, 6) is 0.543. The summed E-state index contributed by atoms with van der Waals surface area (Å²) in [6, 6.07) is 0.260. The molecule has 0 radical (unpaired) electrons. The molecule has 0 unspecified atom stereocenters. The normalized spacial score (nSPS) is 35.9. The minimum Gasteiger partial charge on any atom is -0.409 e. The molecule has 0 aromatic carbocycles. The van der Waals surface area contributed by atoms with E-state index in [2.05, 4.69) is 5.16 Å². The Balaban J connectivity index is 2.32. The third kappa shape index (κ3) is 1.13. The number of nitrogens with two attached hydrogens (primary N) is 2. The zero-order chi connectivity index (χ0) is 6.85. The molecule has 0 aromatic heterocycles. The summed E-state index contributed by atoms with van der Waals surface area (Å²) >= 11 is 0. The Hall–Kier alpha value is -0.770. The van der Waals surface area contributed by atoms with E-state index < -0.39 is 0 Å². The van der Waals surface area contributed by atoms with Crippen molar-refractivity contribution in [2.75, 3.05) is 0 Å². The van der Waals surface area contributed by atoms with Gasteiger partial charge < -0.3 is 16.7 Å². The van der Waals surface area contributed by atoms with Crippen molar-refractivity contribution < 1.29 is 5.21 Å². The van der Waals surface area contributed by atoms with Crippen LogP contribution in [-0.2, 0) is 0 Å². The molecule has 4 nitrogen and oxygen atoms in total. The standard InChI is InChI=1S/C5H11N3O/c6-4-1-3(2-4)5(7)8-9/h3-4,9H,1-2,6H2,(H2,7,8). The predicted octanol–water partition coefficient (Wildman–Crippen LogP) is -0.530. The van der Waals surface area contributed by atoms with E-state index in [0.29, 0.717) is 5.84 Å². The molecule has 1 aliphatic carbocycles. The van der Waals surface area contributed by atoms with E-state index in [9.17, 15) is 0 Å². The predicted molar refractivity (Wildman–Crippen MR) is 34.1 cm³/mol. The molecule has 0 saturated heterocycles. The second-order valence-corrected chi connectivity index (χ2v) is 2.45. The third-order valence-corrected chi connectivity index (χ3v) is 1.71. The van der Waals surface area contributed by atoms with Gasteiger partial charge in [0.1, 0.15) is 5.84 Å². The van der Waals surface area contributed by atoms with Crippen LogP contribution >= 0.6 is 0 Å². The summed E-state index contributed by atoms with van der Waals surface area (Å²) in [5.41, 5.74) is 10.8. The molecule has 0 aromatic rings. The highest BCUT2D eigenvalue weighted by Crippen LogP contribution is 2.25. The van der Waals surface area contributed by atoms with Crippen LogP contribution in [-0.4, -0.2) is 17.1 Å². The lowest BCUT2D eigenvalue weighted by molar-refractivity contribution is 0.292. The quantitative estimate of drug-likeness (QED) is 0.192. The van der Waals surface area contributed by atoms with Gasteiger partial charge in [0.15, 0.2) is 0 Å². The first-order chi connectivity index (χ1) is 4.24. The summed E-state index contributed by atoms with van der Waals surface area (Å²) < 4.78 is 0. The Labute approximate surface area is 53.5 Å². The summed E-state index contributed by atoms with van der Waals surface area (Å²) in [6.45, 7) is 0. The van der Waals surface area contributed by atoms with Gasteiger partial charge in [0, 0.05) is 12.0 Å². The minimum atomic E-state index is 0.227. The van der Waals surface area contributed by atoms with E-state index in [0.717, 1.165) is 12.8 Å².